The molecule has 0 amide bonds. The van der Waals surface area contributed by atoms with Gasteiger partial charge in [-0.05, 0) is 55.6 Å². The van der Waals surface area contributed by atoms with Gasteiger partial charge >= 0.3 is 0 Å². The number of likely N-dealkylation sites (tertiary alicyclic amines) is 1. The van der Waals surface area contributed by atoms with Gasteiger partial charge in [0, 0.05) is 30.0 Å². The summed E-state index contributed by atoms with van der Waals surface area (Å²) in [6.45, 7) is 4.53. The molecule has 3 rings (SSSR count). The zero-order valence-corrected chi connectivity index (χ0v) is 13.2. The van der Waals surface area contributed by atoms with Gasteiger partial charge in [0.15, 0.2) is 0 Å². The second-order valence-corrected chi connectivity index (χ2v) is 6.49. The van der Waals surface area contributed by atoms with Crippen molar-refractivity contribution in [2.75, 3.05) is 13.1 Å². The number of hydrogen-bond donors (Lipinski definition) is 0. The zero-order valence-electron chi connectivity index (χ0n) is 11.6. The molecule has 1 aromatic heterocycles. The molecule has 1 aromatic carbocycles. The summed E-state index contributed by atoms with van der Waals surface area (Å²) in [4.78, 5) is 2.56. The Morgan fingerprint density at radius 2 is 1.90 bits per heavy atom. The Hall–Kier alpha value is -1.13. The van der Waals surface area contributed by atoms with E-state index in [-0.39, 0.29) is 0 Å². The summed E-state index contributed by atoms with van der Waals surface area (Å²) in [6, 6.07) is 10.7. The van der Waals surface area contributed by atoms with Gasteiger partial charge in [-0.15, -0.1) is 0 Å². The fourth-order valence-corrected chi connectivity index (χ4v) is 3.11. The number of nitrogens with zero attached hydrogens (tertiary/aromatic N) is 3. The Bertz CT molecular complexity index is 513. The lowest BCUT2D eigenvalue weighted by Crippen LogP contribution is -2.34. The molecule has 4 heteroatoms. The van der Waals surface area contributed by atoms with E-state index >= 15 is 0 Å². The molecule has 0 atom stereocenters. The van der Waals surface area contributed by atoms with Crippen LogP contribution in [0.15, 0.2) is 47.2 Å². The number of hydrogen-bond acceptors (Lipinski definition) is 2. The van der Waals surface area contributed by atoms with E-state index in [2.05, 4.69) is 61.1 Å². The lowest BCUT2D eigenvalue weighted by atomic mass is 9.96. The smallest absolute Gasteiger partial charge is 0.0489 e. The van der Waals surface area contributed by atoms with Crippen molar-refractivity contribution in [2.45, 2.75) is 25.9 Å². The van der Waals surface area contributed by atoms with E-state index in [0.29, 0.717) is 0 Å². The van der Waals surface area contributed by atoms with Crippen molar-refractivity contribution < 1.29 is 0 Å². The highest BCUT2D eigenvalue weighted by molar-refractivity contribution is 9.10. The molecule has 0 unspecified atom stereocenters. The molecule has 2 heterocycles. The van der Waals surface area contributed by atoms with E-state index in [1.165, 1.54) is 31.5 Å². The molecule has 0 N–H and O–H groups in total. The molecular formula is C16H20BrN3. The van der Waals surface area contributed by atoms with Crippen LogP contribution in [-0.4, -0.2) is 27.8 Å². The van der Waals surface area contributed by atoms with Crippen molar-refractivity contribution in [1.82, 2.24) is 14.7 Å². The number of benzene rings is 1. The fourth-order valence-electron chi connectivity index (χ4n) is 2.85. The second-order valence-electron chi connectivity index (χ2n) is 5.57. The van der Waals surface area contributed by atoms with E-state index in [9.17, 15) is 0 Å². The van der Waals surface area contributed by atoms with E-state index in [0.717, 1.165) is 23.5 Å². The Kier molecular flexibility index (Phi) is 4.53. The molecule has 2 aromatic rings. The summed E-state index contributed by atoms with van der Waals surface area (Å²) in [7, 11) is 0. The number of aromatic nitrogens is 2. The number of piperidine rings is 1. The fraction of sp³-hybridized carbons (Fsp3) is 0.438. The Labute approximate surface area is 128 Å². The molecule has 1 fully saturated rings. The third-order valence-corrected chi connectivity index (χ3v) is 4.56. The van der Waals surface area contributed by atoms with Crippen LogP contribution in [0.5, 0.6) is 0 Å². The van der Waals surface area contributed by atoms with Gasteiger partial charge in [0.1, 0.15) is 0 Å². The van der Waals surface area contributed by atoms with E-state index in [4.69, 9.17) is 0 Å². The van der Waals surface area contributed by atoms with Crippen LogP contribution in [0, 0.1) is 5.92 Å². The van der Waals surface area contributed by atoms with E-state index in [1.807, 2.05) is 12.3 Å². The predicted molar refractivity (Wildman–Crippen MR) is 84.4 cm³/mol. The summed E-state index contributed by atoms with van der Waals surface area (Å²) < 4.78 is 3.22. The molecule has 3 nitrogen and oxygen atoms in total. The van der Waals surface area contributed by atoms with Gasteiger partial charge < -0.3 is 0 Å². The van der Waals surface area contributed by atoms with Crippen LogP contribution in [0.3, 0.4) is 0 Å². The van der Waals surface area contributed by atoms with Crippen LogP contribution < -0.4 is 0 Å². The second kappa shape index (κ2) is 6.55. The topological polar surface area (TPSA) is 21.1 Å². The number of halogens is 1. The molecule has 0 bridgehead atoms. The maximum Gasteiger partial charge on any atom is 0.0489 e. The molecule has 0 radical (unpaired) electrons. The highest BCUT2D eigenvalue weighted by Crippen LogP contribution is 2.21. The van der Waals surface area contributed by atoms with Crippen LogP contribution >= 0.6 is 15.9 Å². The lowest BCUT2D eigenvalue weighted by molar-refractivity contribution is 0.164. The number of rotatable bonds is 4. The first-order chi connectivity index (χ1) is 9.79. The van der Waals surface area contributed by atoms with Gasteiger partial charge in [-0.3, -0.25) is 9.58 Å². The van der Waals surface area contributed by atoms with Gasteiger partial charge in [0.25, 0.3) is 0 Å². The van der Waals surface area contributed by atoms with Crippen LogP contribution in [0.25, 0.3) is 0 Å². The minimum Gasteiger partial charge on any atom is -0.299 e. The molecule has 1 aliphatic heterocycles. The minimum absolute atomic E-state index is 0.774. The Morgan fingerprint density at radius 1 is 1.15 bits per heavy atom. The third-order valence-electron chi connectivity index (χ3n) is 4.03. The van der Waals surface area contributed by atoms with Crippen LogP contribution in [0.1, 0.15) is 18.4 Å². The van der Waals surface area contributed by atoms with E-state index < -0.39 is 0 Å². The van der Waals surface area contributed by atoms with Crippen LogP contribution in [0.4, 0.5) is 0 Å². The monoisotopic (exact) mass is 333 g/mol. The Morgan fingerprint density at radius 3 is 2.55 bits per heavy atom. The average molecular weight is 334 g/mol. The Balaban J connectivity index is 1.47. The van der Waals surface area contributed by atoms with Crippen molar-refractivity contribution in [3.05, 3.63) is 52.8 Å². The summed E-state index contributed by atoms with van der Waals surface area (Å²) in [5.41, 5.74) is 1.40. The SMILES string of the molecule is Brc1ccc(CN2CCC(Cn3cccn3)CC2)cc1. The summed E-state index contributed by atoms with van der Waals surface area (Å²) in [6.07, 6.45) is 6.48. The summed E-state index contributed by atoms with van der Waals surface area (Å²) >= 11 is 3.48. The zero-order chi connectivity index (χ0) is 13.8. The van der Waals surface area contributed by atoms with Crippen LogP contribution in [-0.2, 0) is 13.1 Å². The van der Waals surface area contributed by atoms with Crippen LogP contribution in [0.2, 0.25) is 0 Å². The lowest BCUT2D eigenvalue weighted by Gasteiger charge is -2.31. The molecule has 1 saturated heterocycles. The van der Waals surface area contributed by atoms with Gasteiger partial charge in [0.2, 0.25) is 0 Å². The minimum atomic E-state index is 0.774. The average Bonchev–Trinajstić information content (AvgIpc) is 2.96. The highest BCUT2D eigenvalue weighted by Gasteiger charge is 2.19. The van der Waals surface area contributed by atoms with Crippen molar-refractivity contribution >= 4 is 15.9 Å². The summed E-state index contributed by atoms with van der Waals surface area (Å²) in [5.74, 6) is 0.774. The normalized spacial score (nSPS) is 17.4. The van der Waals surface area contributed by atoms with Gasteiger partial charge in [0.05, 0.1) is 0 Å². The van der Waals surface area contributed by atoms with Crippen molar-refractivity contribution in [1.29, 1.82) is 0 Å². The molecule has 20 heavy (non-hydrogen) atoms. The van der Waals surface area contributed by atoms with Gasteiger partial charge in [-0.1, -0.05) is 28.1 Å². The maximum atomic E-state index is 4.30. The highest BCUT2D eigenvalue weighted by atomic mass is 79.9. The first-order valence-electron chi connectivity index (χ1n) is 7.24. The first-order valence-corrected chi connectivity index (χ1v) is 8.03. The molecule has 1 aliphatic rings. The van der Waals surface area contributed by atoms with Crippen molar-refractivity contribution in [3.8, 4) is 0 Å². The molecule has 0 aliphatic carbocycles. The maximum absolute atomic E-state index is 4.30. The molecule has 0 spiro atoms. The van der Waals surface area contributed by atoms with Crippen molar-refractivity contribution in [2.24, 2.45) is 5.92 Å². The summed E-state index contributed by atoms with van der Waals surface area (Å²) in [5, 5.41) is 4.30. The quantitative estimate of drug-likeness (QED) is 0.853. The molecule has 0 saturated carbocycles. The standard InChI is InChI=1S/C16H20BrN3/c17-16-4-2-14(3-5-16)12-19-10-6-15(7-11-19)13-20-9-1-8-18-20/h1-5,8-9,15H,6-7,10-13H2. The largest absolute Gasteiger partial charge is 0.299 e. The molecular weight excluding hydrogens is 314 g/mol. The first kappa shape index (κ1) is 13.8. The predicted octanol–water partition coefficient (Wildman–Crippen LogP) is 3.56. The van der Waals surface area contributed by atoms with Gasteiger partial charge in [-0.2, -0.15) is 5.10 Å². The molecule has 106 valence electrons. The van der Waals surface area contributed by atoms with E-state index in [1.54, 1.807) is 0 Å². The van der Waals surface area contributed by atoms with Gasteiger partial charge in [-0.25, -0.2) is 0 Å². The third kappa shape index (κ3) is 3.70. The van der Waals surface area contributed by atoms with Crippen molar-refractivity contribution in [3.63, 3.8) is 0 Å².